The number of carbonyl (C=O) groups is 1. The minimum atomic E-state index is -3.64. The molecule has 32 heavy (non-hydrogen) atoms. The summed E-state index contributed by atoms with van der Waals surface area (Å²) in [6.45, 7) is 0. The highest BCUT2D eigenvalue weighted by atomic mass is 32.2. The average Bonchev–Trinajstić information content (AvgIpc) is 3.26. The molecule has 0 spiro atoms. The largest absolute Gasteiger partial charge is 0.303 e. The van der Waals surface area contributed by atoms with Crippen molar-refractivity contribution in [3.05, 3.63) is 107 Å². The Morgan fingerprint density at radius 2 is 1.66 bits per heavy atom. The van der Waals surface area contributed by atoms with Crippen LogP contribution in [-0.2, 0) is 20.4 Å². The van der Waals surface area contributed by atoms with Crippen molar-refractivity contribution in [2.24, 2.45) is 0 Å². The van der Waals surface area contributed by atoms with E-state index in [9.17, 15) is 18.4 Å². The molecular formula is C24H21NO5S2. The molecule has 0 radical (unpaired) electrons. The predicted octanol–water partition coefficient (Wildman–Crippen LogP) is 5.02. The van der Waals surface area contributed by atoms with Crippen molar-refractivity contribution in [3.63, 3.8) is 0 Å². The minimum absolute atomic E-state index is 0.111. The van der Waals surface area contributed by atoms with Crippen molar-refractivity contribution in [3.8, 4) is 0 Å². The van der Waals surface area contributed by atoms with Crippen LogP contribution >= 0.6 is 11.3 Å². The molecule has 3 aromatic carbocycles. The maximum Gasteiger partial charge on any atom is 0.303 e. The molecule has 4 aromatic rings. The fourth-order valence-corrected chi connectivity index (χ4v) is 5.65. The van der Waals surface area contributed by atoms with Crippen LogP contribution in [-0.4, -0.2) is 30.5 Å². The van der Waals surface area contributed by atoms with E-state index in [1.54, 1.807) is 65.9 Å². The second-order valence-corrected chi connectivity index (χ2v) is 10.4. The number of hydroxylamine groups is 2. The third kappa shape index (κ3) is 5.41. The molecule has 1 N–H and O–H groups in total. The molecule has 0 saturated heterocycles. The molecule has 0 aliphatic rings. The van der Waals surface area contributed by atoms with Crippen molar-refractivity contribution in [2.45, 2.75) is 11.9 Å². The SMILES string of the molecule is O=C(c1ccccc1)N(O)O[C@H](CS(=O)(=O)Cc1ccc2sccc2c1)c1ccccc1. The van der Waals surface area contributed by atoms with E-state index in [1.807, 2.05) is 23.6 Å². The summed E-state index contributed by atoms with van der Waals surface area (Å²) in [5.41, 5.74) is 1.42. The lowest BCUT2D eigenvalue weighted by Crippen LogP contribution is -2.32. The Bertz CT molecular complexity index is 1300. The van der Waals surface area contributed by atoms with Gasteiger partial charge in [0.05, 0.1) is 11.5 Å². The van der Waals surface area contributed by atoms with E-state index in [1.165, 1.54) is 12.1 Å². The molecule has 0 aliphatic heterocycles. The van der Waals surface area contributed by atoms with Gasteiger partial charge < -0.3 is 0 Å². The van der Waals surface area contributed by atoms with Crippen molar-refractivity contribution in [2.75, 3.05) is 5.75 Å². The van der Waals surface area contributed by atoms with E-state index in [2.05, 4.69) is 0 Å². The fraction of sp³-hybridized carbons (Fsp3) is 0.125. The van der Waals surface area contributed by atoms with Gasteiger partial charge in [-0.1, -0.05) is 59.8 Å². The van der Waals surface area contributed by atoms with E-state index < -0.39 is 27.6 Å². The van der Waals surface area contributed by atoms with Gasteiger partial charge in [-0.3, -0.25) is 10.0 Å². The lowest BCUT2D eigenvalue weighted by atomic mass is 10.1. The second kappa shape index (κ2) is 9.62. The Kier molecular flexibility index (Phi) is 6.66. The van der Waals surface area contributed by atoms with E-state index >= 15 is 0 Å². The first-order valence-corrected chi connectivity index (χ1v) is 12.6. The number of thiophene rings is 1. The third-order valence-electron chi connectivity index (χ3n) is 4.90. The zero-order valence-electron chi connectivity index (χ0n) is 17.0. The Morgan fingerprint density at radius 3 is 2.38 bits per heavy atom. The lowest BCUT2D eigenvalue weighted by Gasteiger charge is -2.22. The summed E-state index contributed by atoms with van der Waals surface area (Å²) in [5, 5.41) is 13.3. The van der Waals surface area contributed by atoms with E-state index in [4.69, 9.17) is 4.84 Å². The zero-order valence-corrected chi connectivity index (χ0v) is 18.6. The Balaban J connectivity index is 1.54. The monoisotopic (exact) mass is 467 g/mol. The molecule has 0 fully saturated rings. The zero-order chi connectivity index (χ0) is 22.6. The summed E-state index contributed by atoms with van der Waals surface area (Å²) >= 11 is 1.59. The first-order valence-electron chi connectivity index (χ1n) is 9.88. The van der Waals surface area contributed by atoms with Crippen LogP contribution in [0.2, 0.25) is 0 Å². The first-order chi connectivity index (χ1) is 15.4. The minimum Gasteiger partial charge on any atom is -0.264 e. The summed E-state index contributed by atoms with van der Waals surface area (Å²) in [6.07, 6.45) is -1.07. The molecule has 164 valence electrons. The van der Waals surface area contributed by atoms with Crippen LogP contribution in [0.5, 0.6) is 0 Å². The molecular weight excluding hydrogens is 446 g/mol. The number of sulfone groups is 1. The van der Waals surface area contributed by atoms with Gasteiger partial charge in [0.25, 0.3) is 0 Å². The number of amides is 1. The molecule has 4 rings (SSSR count). The lowest BCUT2D eigenvalue weighted by molar-refractivity contribution is -0.318. The van der Waals surface area contributed by atoms with Gasteiger partial charge in [0, 0.05) is 10.3 Å². The number of hydrogen-bond acceptors (Lipinski definition) is 6. The van der Waals surface area contributed by atoms with Crippen LogP contribution in [0.1, 0.15) is 27.6 Å². The number of benzene rings is 3. The number of hydrogen-bond donors (Lipinski definition) is 1. The second-order valence-electron chi connectivity index (χ2n) is 7.30. The van der Waals surface area contributed by atoms with Gasteiger partial charge in [-0.2, -0.15) is 0 Å². The molecule has 6 nitrogen and oxygen atoms in total. The summed E-state index contributed by atoms with van der Waals surface area (Å²) < 4.78 is 27.1. The molecule has 0 bridgehead atoms. The smallest absolute Gasteiger partial charge is 0.264 e. The van der Waals surface area contributed by atoms with Crippen molar-refractivity contribution in [1.82, 2.24) is 5.23 Å². The number of carbonyl (C=O) groups excluding carboxylic acids is 1. The molecule has 1 aromatic heterocycles. The standard InChI is InChI=1S/C24H21NO5S2/c26-24(20-9-5-2-6-10-20)25(27)30-22(19-7-3-1-4-8-19)17-32(28,29)16-18-11-12-23-21(15-18)13-14-31-23/h1-15,22,27H,16-17H2/t22-/m1/s1. The summed E-state index contributed by atoms with van der Waals surface area (Å²) in [7, 11) is -3.64. The van der Waals surface area contributed by atoms with Gasteiger partial charge in [0.15, 0.2) is 9.84 Å². The molecule has 0 saturated carbocycles. The summed E-state index contributed by atoms with van der Waals surface area (Å²) in [4.78, 5) is 17.9. The highest BCUT2D eigenvalue weighted by Crippen LogP contribution is 2.26. The van der Waals surface area contributed by atoms with Crippen LogP contribution in [0.15, 0.2) is 90.3 Å². The third-order valence-corrected chi connectivity index (χ3v) is 7.38. The van der Waals surface area contributed by atoms with Crippen molar-refractivity contribution < 1.29 is 23.3 Å². The predicted molar refractivity (Wildman–Crippen MR) is 124 cm³/mol. The molecule has 0 aliphatic carbocycles. The molecule has 1 atom stereocenters. The molecule has 1 amide bonds. The highest BCUT2D eigenvalue weighted by molar-refractivity contribution is 7.90. The van der Waals surface area contributed by atoms with Crippen LogP contribution in [0.4, 0.5) is 0 Å². The fourth-order valence-electron chi connectivity index (χ4n) is 3.36. The van der Waals surface area contributed by atoms with Crippen molar-refractivity contribution in [1.29, 1.82) is 0 Å². The van der Waals surface area contributed by atoms with Gasteiger partial charge >= 0.3 is 5.91 Å². The van der Waals surface area contributed by atoms with Crippen LogP contribution in [0, 0.1) is 0 Å². The van der Waals surface area contributed by atoms with Gasteiger partial charge in [-0.05, 0) is 52.2 Å². The quantitative estimate of drug-likeness (QED) is 0.291. The van der Waals surface area contributed by atoms with E-state index in [-0.39, 0.29) is 16.5 Å². The number of fused-ring (bicyclic) bond motifs is 1. The first kappa shape index (κ1) is 22.2. The average molecular weight is 468 g/mol. The van der Waals surface area contributed by atoms with Crippen LogP contribution < -0.4 is 0 Å². The normalized spacial score (nSPS) is 12.5. The maximum absolute atomic E-state index is 13.0. The molecule has 8 heteroatoms. The molecule has 1 heterocycles. The van der Waals surface area contributed by atoms with Gasteiger partial charge in [-0.25, -0.2) is 13.3 Å². The van der Waals surface area contributed by atoms with E-state index in [0.29, 0.717) is 11.1 Å². The van der Waals surface area contributed by atoms with Crippen molar-refractivity contribution >= 4 is 37.2 Å². The number of rotatable bonds is 8. The van der Waals surface area contributed by atoms with E-state index in [0.717, 1.165) is 10.1 Å². The Hall–Kier alpha value is -3.04. The Labute approximate surface area is 190 Å². The number of nitrogens with zero attached hydrogens (tertiary/aromatic N) is 1. The summed E-state index contributed by atoms with van der Waals surface area (Å²) in [5.74, 6) is -1.37. The summed E-state index contributed by atoms with van der Waals surface area (Å²) in [6, 6.07) is 24.3. The highest BCUT2D eigenvalue weighted by Gasteiger charge is 2.27. The van der Waals surface area contributed by atoms with Gasteiger partial charge in [0.1, 0.15) is 6.10 Å². The van der Waals surface area contributed by atoms with Gasteiger partial charge in [0.2, 0.25) is 0 Å². The van der Waals surface area contributed by atoms with Crippen LogP contribution in [0.25, 0.3) is 10.1 Å². The van der Waals surface area contributed by atoms with Gasteiger partial charge in [-0.15, -0.1) is 11.3 Å². The molecule has 0 unspecified atom stereocenters. The van der Waals surface area contributed by atoms with Crippen LogP contribution in [0.3, 0.4) is 0 Å². The maximum atomic E-state index is 13.0. The Morgan fingerprint density at radius 1 is 0.969 bits per heavy atom. The topological polar surface area (TPSA) is 83.9 Å².